The number of allylic oxidation sites excluding steroid dienone is 2. The highest BCUT2D eigenvalue weighted by atomic mass is 32.2. The van der Waals surface area contributed by atoms with Crippen LogP contribution in [0.5, 0.6) is 0 Å². The van der Waals surface area contributed by atoms with Gasteiger partial charge in [-0.15, -0.1) is 0 Å². The molecule has 2 aliphatic rings. The molecule has 0 spiro atoms. The van der Waals surface area contributed by atoms with Crippen LogP contribution in [0.3, 0.4) is 0 Å². The summed E-state index contributed by atoms with van der Waals surface area (Å²) in [7, 11) is -3.30. The maximum Gasteiger partial charge on any atom is 0.209 e. The molecule has 17 heavy (non-hydrogen) atoms. The van der Waals surface area contributed by atoms with Crippen LogP contribution in [-0.4, -0.2) is 26.8 Å². The molecule has 5 heteroatoms. The second-order valence-corrected chi connectivity index (χ2v) is 7.14. The molecular weight excluding hydrogens is 236 g/mol. The molecule has 0 aromatic heterocycles. The third kappa shape index (κ3) is 3.53. The smallest absolute Gasteiger partial charge is 0.209 e. The summed E-state index contributed by atoms with van der Waals surface area (Å²) >= 11 is 0. The zero-order valence-corrected chi connectivity index (χ0v) is 11.1. The van der Waals surface area contributed by atoms with Crippen molar-refractivity contribution in [3.8, 4) is 0 Å². The van der Waals surface area contributed by atoms with Crippen LogP contribution in [-0.2, 0) is 10.0 Å². The van der Waals surface area contributed by atoms with Gasteiger partial charge in [0.25, 0.3) is 0 Å². The summed E-state index contributed by atoms with van der Waals surface area (Å²) in [6.07, 6.45) is 7.88. The van der Waals surface area contributed by atoms with Crippen LogP contribution in [0.2, 0.25) is 0 Å². The Bertz CT molecular complexity index is 391. The zero-order valence-electron chi connectivity index (χ0n) is 10.3. The molecule has 0 saturated heterocycles. The van der Waals surface area contributed by atoms with E-state index in [1.807, 2.05) is 0 Å². The second-order valence-electron chi connectivity index (χ2n) is 5.41. The Kier molecular flexibility index (Phi) is 3.90. The highest BCUT2D eigenvalue weighted by Crippen LogP contribution is 2.44. The highest BCUT2D eigenvalue weighted by molar-refractivity contribution is 7.89. The summed E-state index contributed by atoms with van der Waals surface area (Å²) in [6, 6.07) is 0.468. The Balaban J connectivity index is 1.68. The van der Waals surface area contributed by atoms with Crippen molar-refractivity contribution in [1.29, 1.82) is 0 Å². The van der Waals surface area contributed by atoms with Gasteiger partial charge in [0, 0.05) is 6.04 Å². The fourth-order valence-electron chi connectivity index (χ4n) is 3.15. The lowest BCUT2D eigenvalue weighted by Gasteiger charge is -2.26. The molecule has 0 aromatic carbocycles. The predicted molar refractivity (Wildman–Crippen MR) is 68.9 cm³/mol. The van der Waals surface area contributed by atoms with E-state index in [0.717, 1.165) is 24.3 Å². The standard InChI is InChI=1S/C12H22N2O2S/c1-9(14-5-2-6-17(13,15)16)12-8-10-3-4-11(12)7-10/h3-4,9-12,14H,2,5-8H2,1H3,(H2,13,15,16). The molecule has 0 aromatic rings. The topological polar surface area (TPSA) is 72.2 Å². The van der Waals surface area contributed by atoms with E-state index < -0.39 is 10.0 Å². The van der Waals surface area contributed by atoms with E-state index in [2.05, 4.69) is 24.4 Å². The number of nitrogens with two attached hydrogens (primary N) is 1. The monoisotopic (exact) mass is 258 g/mol. The molecule has 2 rings (SSSR count). The number of fused-ring (bicyclic) bond motifs is 2. The van der Waals surface area contributed by atoms with Gasteiger partial charge in [-0.1, -0.05) is 12.2 Å². The SMILES string of the molecule is CC(NCCCS(N)(=O)=O)C1CC2C=CC1C2. The van der Waals surface area contributed by atoms with Gasteiger partial charge in [-0.05, 0) is 50.5 Å². The van der Waals surface area contributed by atoms with Crippen molar-refractivity contribution in [2.75, 3.05) is 12.3 Å². The first kappa shape index (κ1) is 13.1. The summed E-state index contributed by atoms with van der Waals surface area (Å²) in [6.45, 7) is 2.94. The van der Waals surface area contributed by atoms with E-state index in [-0.39, 0.29) is 5.75 Å². The van der Waals surface area contributed by atoms with E-state index in [0.29, 0.717) is 12.5 Å². The van der Waals surface area contributed by atoms with Crippen molar-refractivity contribution < 1.29 is 8.42 Å². The van der Waals surface area contributed by atoms with Crippen molar-refractivity contribution in [2.24, 2.45) is 22.9 Å². The molecule has 2 bridgehead atoms. The minimum atomic E-state index is -3.30. The van der Waals surface area contributed by atoms with Crippen molar-refractivity contribution in [3.05, 3.63) is 12.2 Å². The van der Waals surface area contributed by atoms with Gasteiger partial charge in [0.2, 0.25) is 10.0 Å². The molecule has 4 unspecified atom stereocenters. The molecule has 1 saturated carbocycles. The second kappa shape index (κ2) is 5.08. The Morgan fingerprint density at radius 2 is 2.18 bits per heavy atom. The quantitative estimate of drug-likeness (QED) is 0.548. The average molecular weight is 258 g/mol. The lowest BCUT2D eigenvalue weighted by Crippen LogP contribution is -2.36. The van der Waals surface area contributed by atoms with Gasteiger partial charge in [-0.3, -0.25) is 0 Å². The third-order valence-electron chi connectivity index (χ3n) is 4.04. The summed E-state index contributed by atoms with van der Waals surface area (Å²) in [5.41, 5.74) is 0. The first-order valence-corrected chi connectivity index (χ1v) is 8.09. The Labute approximate surface area is 104 Å². The minimum absolute atomic E-state index is 0.0728. The van der Waals surface area contributed by atoms with Gasteiger partial charge in [0.15, 0.2) is 0 Å². The summed E-state index contributed by atoms with van der Waals surface area (Å²) < 4.78 is 21.6. The van der Waals surface area contributed by atoms with Crippen LogP contribution in [0.25, 0.3) is 0 Å². The van der Waals surface area contributed by atoms with Gasteiger partial charge < -0.3 is 5.32 Å². The number of hydrogen-bond donors (Lipinski definition) is 2. The lowest BCUT2D eigenvalue weighted by molar-refractivity contribution is 0.328. The van der Waals surface area contributed by atoms with Crippen LogP contribution >= 0.6 is 0 Å². The van der Waals surface area contributed by atoms with E-state index in [4.69, 9.17) is 5.14 Å². The van der Waals surface area contributed by atoms with Gasteiger partial charge in [-0.25, -0.2) is 13.6 Å². The molecule has 0 radical (unpaired) electrons. The minimum Gasteiger partial charge on any atom is -0.314 e. The van der Waals surface area contributed by atoms with Gasteiger partial charge in [0.05, 0.1) is 5.75 Å². The van der Waals surface area contributed by atoms with Crippen molar-refractivity contribution in [1.82, 2.24) is 5.32 Å². The fraction of sp³-hybridized carbons (Fsp3) is 0.833. The Morgan fingerprint density at radius 1 is 1.41 bits per heavy atom. The van der Waals surface area contributed by atoms with Crippen LogP contribution in [0.1, 0.15) is 26.2 Å². The maximum absolute atomic E-state index is 10.8. The summed E-state index contributed by atoms with van der Waals surface area (Å²) in [4.78, 5) is 0. The van der Waals surface area contributed by atoms with Gasteiger partial charge in [0.1, 0.15) is 0 Å². The largest absolute Gasteiger partial charge is 0.314 e. The summed E-state index contributed by atoms with van der Waals surface area (Å²) in [5, 5.41) is 8.39. The molecule has 2 aliphatic carbocycles. The number of nitrogens with one attached hydrogen (secondary N) is 1. The van der Waals surface area contributed by atoms with E-state index >= 15 is 0 Å². The molecule has 4 atom stereocenters. The normalized spacial score (nSPS) is 33.2. The Morgan fingerprint density at radius 3 is 2.71 bits per heavy atom. The molecular formula is C12H22N2O2S. The zero-order chi connectivity index (χ0) is 12.5. The van der Waals surface area contributed by atoms with Crippen molar-refractivity contribution in [3.63, 3.8) is 0 Å². The molecule has 98 valence electrons. The Hall–Kier alpha value is -0.390. The van der Waals surface area contributed by atoms with Crippen LogP contribution in [0.4, 0.5) is 0 Å². The van der Waals surface area contributed by atoms with E-state index in [1.165, 1.54) is 12.8 Å². The first-order valence-electron chi connectivity index (χ1n) is 6.38. The summed E-state index contributed by atoms with van der Waals surface area (Å²) in [5.74, 6) is 2.32. The maximum atomic E-state index is 10.8. The first-order chi connectivity index (χ1) is 7.96. The van der Waals surface area contributed by atoms with Crippen LogP contribution in [0.15, 0.2) is 12.2 Å². The predicted octanol–water partition coefficient (Wildman–Crippen LogP) is 0.855. The highest BCUT2D eigenvalue weighted by Gasteiger charge is 2.38. The number of primary sulfonamides is 1. The van der Waals surface area contributed by atoms with Crippen LogP contribution < -0.4 is 10.5 Å². The van der Waals surface area contributed by atoms with Crippen molar-refractivity contribution in [2.45, 2.75) is 32.2 Å². The van der Waals surface area contributed by atoms with E-state index in [9.17, 15) is 8.42 Å². The molecule has 3 N–H and O–H groups in total. The fourth-order valence-corrected chi connectivity index (χ4v) is 3.70. The average Bonchev–Trinajstić information content (AvgIpc) is 2.84. The number of sulfonamides is 1. The van der Waals surface area contributed by atoms with Gasteiger partial charge >= 0.3 is 0 Å². The molecule has 0 heterocycles. The number of rotatable bonds is 6. The van der Waals surface area contributed by atoms with E-state index in [1.54, 1.807) is 0 Å². The molecule has 0 amide bonds. The molecule has 0 aliphatic heterocycles. The van der Waals surface area contributed by atoms with Crippen molar-refractivity contribution >= 4 is 10.0 Å². The lowest BCUT2D eigenvalue weighted by atomic mass is 9.87. The third-order valence-corrected chi connectivity index (χ3v) is 4.90. The van der Waals surface area contributed by atoms with Crippen LogP contribution in [0, 0.1) is 17.8 Å². The number of hydrogen-bond acceptors (Lipinski definition) is 3. The molecule has 4 nitrogen and oxygen atoms in total. The molecule has 1 fully saturated rings. The van der Waals surface area contributed by atoms with Gasteiger partial charge in [-0.2, -0.15) is 0 Å².